The van der Waals surface area contributed by atoms with Crippen LogP contribution >= 0.6 is 0 Å². The van der Waals surface area contributed by atoms with E-state index in [0.717, 1.165) is 36.0 Å². The summed E-state index contributed by atoms with van der Waals surface area (Å²) in [5.41, 5.74) is 0.647. The highest BCUT2D eigenvalue weighted by Gasteiger charge is 2.62. The van der Waals surface area contributed by atoms with Crippen molar-refractivity contribution in [2.75, 3.05) is 6.61 Å². The SMILES string of the molecule is CC(C)CCC[C@@H](C)[C@H]1CC[C@H]2[C@@H]3CCC4CCCC(OC(=O)CCO)[C@]4(C)[C@H]3CC[C@]12C. The lowest BCUT2D eigenvalue weighted by Gasteiger charge is -2.62. The van der Waals surface area contributed by atoms with Crippen molar-refractivity contribution in [3.63, 3.8) is 0 Å². The van der Waals surface area contributed by atoms with Gasteiger partial charge in [0, 0.05) is 5.41 Å². The van der Waals surface area contributed by atoms with Gasteiger partial charge in [-0.2, -0.15) is 0 Å². The number of aliphatic hydroxyl groups excluding tert-OH is 1. The first kappa shape index (κ1) is 25.5. The van der Waals surface area contributed by atoms with Crippen LogP contribution in [0.2, 0.25) is 0 Å². The number of ether oxygens (including phenoxy) is 1. The van der Waals surface area contributed by atoms with Crippen molar-refractivity contribution in [3.05, 3.63) is 0 Å². The fraction of sp³-hybridized carbons (Fsp3) is 0.967. The van der Waals surface area contributed by atoms with Gasteiger partial charge < -0.3 is 9.84 Å². The molecule has 0 aromatic carbocycles. The van der Waals surface area contributed by atoms with Crippen LogP contribution in [0, 0.1) is 52.3 Å². The third kappa shape index (κ3) is 4.66. The first-order chi connectivity index (χ1) is 15.7. The molecule has 4 rings (SSSR count). The summed E-state index contributed by atoms with van der Waals surface area (Å²) in [6.07, 6.45) is 16.2. The van der Waals surface area contributed by atoms with Crippen LogP contribution in [0.1, 0.15) is 118 Å². The molecular formula is C30H52O3. The smallest absolute Gasteiger partial charge is 0.308 e. The molecular weight excluding hydrogens is 408 g/mol. The molecule has 0 amide bonds. The topological polar surface area (TPSA) is 46.5 Å². The van der Waals surface area contributed by atoms with Crippen molar-refractivity contribution in [2.24, 2.45) is 52.3 Å². The Morgan fingerprint density at radius 2 is 1.76 bits per heavy atom. The van der Waals surface area contributed by atoms with Crippen molar-refractivity contribution in [1.82, 2.24) is 0 Å². The first-order valence-electron chi connectivity index (χ1n) is 14.5. The molecule has 0 bridgehead atoms. The van der Waals surface area contributed by atoms with Crippen molar-refractivity contribution in [2.45, 2.75) is 124 Å². The van der Waals surface area contributed by atoms with E-state index in [9.17, 15) is 9.90 Å². The maximum Gasteiger partial charge on any atom is 0.308 e. The molecule has 4 aliphatic rings. The monoisotopic (exact) mass is 460 g/mol. The van der Waals surface area contributed by atoms with Crippen LogP contribution < -0.4 is 0 Å². The highest BCUT2D eigenvalue weighted by atomic mass is 16.5. The van der Waals surface area contributed by atoms with Gasteiger partial charge in [0.25, 0.3) is 0 Å². The number of rotatable bonds is 8. The number of hydrogen-bond donors (Lipinski definition) is 1. The summed E-state index contributed by atoms with van der Waals surface area (Å²) in [5, 5.41) is 9.23. The maximum atomic E-state index is 12.4. The van der Waals surface area contributed by atoms with E-state index >= 15 is 0 Å². The Morgan fingerprint density at radius 3 is 2.48 bits per heavy atom. The molecule has 0 aliphatic heterocycles. The van der Waals surface area contributed by atoms with Gasteiger partial charge >= 0.3 is 5.97 Å². The van der Waals surface area contributed by atoms with Gasteiger partial charge in [0.1, 0.15) is 6.10 Å². The second kappa shape index (κ2) is 10.2. The van der Waals surface area contributed by atoms with E-state index in [2.05, 4.69) is 34.6 Å². The lowest BCUT2D eigenvalue weighted by molar-refractivity contribution is -0.192. The van der Waals surface area contributed by atoms with E-state index in [1.165, 1.54) is 70.6 Å². The molecule has 190 valence electrons. The molecule has 4 saturated carbocycles. The molecule has 3 nitrogen and oxygen atoms in total. The molecule has 4 aliphatic carbocycles. The Balaban J connectivity index is 1.50. The number of carbonyl (C=O) groups excluding carboxylic acids is 1. The summed E-state index contributed by atoms with van der Waals surface area (Å²) >= 11 is 0. The van der Waals surface area contributed by atoms with Gasteiger partial charge in [-0.25, -0.2) is 0 Å². The summed E-state index contributed by atoms with van der Waals surface area (Å²) in [5.74, 6) is 5.47. The van der Waals surface area contributed by atoms with E-state index < -0.39 is 0 Å². The standard InChI is InChI=1S/C30H52O3/c1-20(2)8-6-9-21(3)24-14-15-25-23-13-12-22-10-7-11-27(33-28(32)17-19-31)30(22,5)26(23)16-18-29(24,25)4/h20-27,31H,6-19H2,1-5H3/t21-,22?,23+,24-,25+,26+,27?,29-,30+/m1/s1. The average Bonchev–Trinajstić information content (AvgIpc) is 3.11. The Labute approximate surface area is 203 Å². The number of aliphatic hydroxyl groups is 1. The van der Waals surface area contributed by atoms with Crippen molar-refractivity contribution >= 4 is 5.97 Å². The van der Waals surface area contributed by atoms with E-state index in [0.29, 0.717) is 17.3 Å². The van der Waals surface area contributed by atoms with Crippen LogP contribution in [0.4, 0.5) is 0 Å². The fourth-order valence-electron chi connectivity index (χ4n) is 9.81. The molecule has 33 heavy (non-hydrogen) atoms. The molecule has 0 spiro atoms. The normalized spacial score (nSPS) is 43.5. The predicted octanol–water partition coefficient (Wildman–Crippen LogP) is 7.40. The first-order valence-corrected chi connectivity index (χ1v) is 14.5. The molecule has 0 heterocycles. The predicted molar refractivity (Wildman–Crippen MR) is 135 cm³/mol. The third-order valence-corrected chi connectivity index (χ3v) is 11.5. The fourth-order valence-corrected chi connectivity index (χ4v) is 9.81. The average molecular weight is 461 g/mol. The molecule has 0 aromatic heterocycles. The van der Waals surface area contributed by atoms with Crippen LogP contribution in [-0.2, 0) is 9.53 Å². The highest BCUT2D eigenvalue weighted by molar-refractivity contribution is 5.69. The quantitative estimate of drug-likeness (QED) is 0.384. The lowest BCUT2D eigenvalue weighted by Crippen LogP contribution is -2.58. The molecule has 1 N–H and O–H groups in total. The van der Waals surface area contributed by atoms with E-state index in [-0.39, 0.29) is 30.5 Å². The van der Waals surface area contributed by atoms with Crippen LogP contribution in [0.5, 0.6) is 0 Å². The molecule has 9 atom stereocenters. The minimum absolute atomic E-state index is 0.0552. The van der Waals surface area contributed by atoms with E-state index in [1.54, 1.807) is 0 Å². The van der Waals surface area contributed by atoms with Crippen LogP contribution in [-0.4, -0.2) is 23.8 Å². The van der Waals surface area contributed by atoms with Gasteiger partial charge in [-0.05, 0) is 105 Å². The number of esters is 1. The third-order valence-electron chi connectivity index (χ3n) is 11.5. The summed E-state index contributed by atoms with van der Waals surface area (Å²) in [4.78, 5) is 12.4. The minimum Gasteiger partial charge on any atom is -0.462 e. The zero-order valence-corrected chi connectivity index (χ0v) is 22.3. The van der Waals surface area contributed by atoms with E-state index in [4.69, 9.17) is 4.74 Å². The van der Waals surface area contributed by atoms with Crippen molar-refractivity contribution in [3.8, 4) is 0 Å². The van der Waals surface area contributed by atoms with Gasteiger partial charge in [0.05, 0.1) is 13.0 Å². The Hall–Kier alpha value is -0.570. The summed E-state index contributed by atoms with van der Waals surface area (Å²) < 4.78 is 6.11. The molecule has 2 unspecified atom stereocenters. The Kier molecular flexibility index (Phi) is 7.88. The van der Waals surface area contributed by atoms with Gasteiger partial charge in [-0.15, -0.1) is 0 Å². The molecule has 4 fully saturated rings. The number of fused-ring (bicyclic) bond motifs is 5. The zero-order valence-electron chi connectivity index (χ0n) is 22.3. The largest absolute Gasteiger partial charge is 0.462 e. The molecule has 3 heteroatoms. The summed E-state index contributed by atoms with van der Waals surface area (Å²) in [6.45, 7) is 12.3. The molecule has 0 saturated heterocycles. The van der Waals surface area contributed by atoms with Crippen molar-refractivity contribution in [1.29, 1.82) is 0 Å². The molecule has 0 aromatic rings. The van der Waals surface area contributed by atoms with Gasteiger partial charge in [-0.1, -0.05) is 53.9 Å². The summed E-state index contributed by atoms with van der Waals surface area (Å²) in [7, 11) is 0. The van der Waals surface area contributed by atoms with Crippen LogP contribution in [0.15, 0.2) is 0 Å². The minimum atomic E-state index is -0.191. The van der Waals surface area contributed by atoms with Crippen LogP contribution in [0.3, 0.4) is 0 Å². The Morgan fingerprint density at radius 1 is 0.970 bits per heavy atom. The number of hydrogen-bond acceptors (Lipinski definition) is 3. The summed E-state index contributed by atoms with van der Waals surface area (Å²) in [6, 6.07) is 0. The maximum absolute atomic E-state index is 12.4. The van der Waals surface area contributed by atoms with Crippen molar-refractivity contribution < 1.29 is 14.6 Å². The second-order valence-electron chi connectivity index (χ2n) is 13.4. The molecule has 0 radical (unpaired) electrons. The second-order valence-corrected chi connectivity index (χ2v) is 13.4. The van der Waals surface area contributed by atoms with Gasteiger partial charge in [0.15, 0.2) is 0 Å². The lowest BCUT2D eigenvalue weighted by atomic mass is 9.44. The van der Waals surface area contributed by atoms with Gasteiger partial charge in [0.2, 0.25) is 0 Å². The highest BCUT2D eigenvalue weighted by Crippen LogP contribution is 2.68. The van der Waals surface area contributed by atoms with Gasteiger partial charge in [-0.3, -0.25) is 4.79 Å². The Bertz CT molecular complexity index is 673. The number of carbonyl (C=O) groups is 1. The zero-order chi connectivity index (χ0) is 23.8. The van der Waals surface area contributed by atoms with E-state index in [1.807, 2.05) is 0 Å². The van der Waals surface area contributed by atoms with Crippen LogP contribution in [0.25, 0.3) is 0 Å².